The van der Waals surface area contributed by atoms with Crippen molar-refractivity contribution in [1.29, 1.82) is 0 Å². The first kappa shape index (κ1) is 29.6. The van der Waals surface area contributed by atoms with Gasteiger partial charge >= 0.3 is 0 Å². The molecule has 3 rings (SSSR count). The standard InChI is InChI=1S/C29H37N3O7/c1-4-6-14-30(15-7-5-2)16-9-17-31-26(20-12-13-23(33)24(19-20)39-3)25(28(35)29(31)36)27(34)21-10-8-11-22(18-21)32(37)38/h8,10-13,18-19,26,33-34H,4-7,9,14-17H2,1-3H3/t26-/m0/s1. The Hall–Kier alpha value is -3.92. The Morgan fingerprint density at radius 1 is 1.05 bits per heavy atom. The summed E-state index contributed by atoms with van der Waals surface area (Å²) in [6.45, 7) is 7.22. The maximum absolute atomic E-state index is 13.3. The van der Waals surface area contributed by atoms with E-state index in [-0.39, 0.29) is 34.9 Å². The Balaban J connectivity index is 2.01. The Morgan fingerprint density at radius 2 is 1.72 bits per heavy atom. The number of hydrogen-bond acceptors (Lipinski definition) is 8. The molecule has 1 fully saturated rings. The van der Waals surface area contributed by atoms with Crippen LogP contribution in [0.3, 0.4) is 0 Å². The minimum absolute atomic E-state index is 0.0586. The van der Waals surface area contributed by atoms with Gasteiger partial charge in [0.05, 0.1) is 23.6 Å². The van der Waals surface area contributed by atoms with E-state index in [2.05, 4.69) is 18.7 Å². The number of benzene rings is 2. The third-order valence-electron chi connectivity index (χ3n) is 6.92. The highest BCUT2D eigenvalue weighted by Crippen LogP contribution is 2.42. The molecule has 2 aromatic carbocycles. The predicted molar refractivity (Wildman–Crippen MR) is 148 cm³/mol. The monoisotopic (exact) mass is 539 g/mol. The van der Waals surface area contributed by atoms with Gasteiger partial charge < -0.3 is 24.7 Å². The molecule has 0 aromatic heterocycles. The lowest BCUT2D eigenvalue weighted by Gasteiger charge is -2.27. The van der Waals surface area contributed by atoms with E-state index < -0.39 is 28.4 Å². The molecule has 210 valence electrons. The fourth-order valence-corrected chi connectivity index (χ4v) is 4.81. The van der Waals surface area contributed by atoms with E-state index in [9.17, 15) is 29.9 Å². The number of rotatable bonds is 14. The summed E-state index contributed by atoms with van der Waals surface area (Å²) in [6.07, 6.45) is 4.92. The van der Waals surface area contributed by atoms with Crippen LogP contribution in [0.25, 0.3) is 5.76 Å². The van der Waals surface area contributed by atoms with E-state index in [0.717, 1.165) is 51.4 Å². The highest BCUT2D eigenvalue weighted by Gasteiger charge is 2.46. The quantitative estimate of drug-likeness (QED) is 0.112. The molecule has 0 spiro atoms. The zero-order valence-corrected chi connectivity index (χ0v) is 22.8. The van der Waals surface area contributed by atoms with E-state index in [1.54, 1.807) is 6.07 Å². The number of likely N-dealkylation sites (tertiary alicyclic amines) is 1. The summed E-state index contributed by atoms with van der Waals surface area (Å²) in [4.78, 5) is 41.1. The highest BCUT2D eigenvalue weighted by atomic mass is 16.6. The van der Waals surface area contributed by atoms with Crippen LogP contribution in [-0.4, -0.2) is 69.9 Å². The normalized spacial score (nSPS) is 16.7. The molecule has 0 unspecified atom stereocenters. The number of unbranched alkanes of at least 4 members (excludes halogenated alkanes) is 2. The van der Waals surface area contributed by atoms with Crippen molar-refractivity contribution in [2.24, 2.45) is 0 Å². The fraction of sp³-hybridized carbons (Fsp3) is 0.448. The lowest BCUT2D eigenvalue weighted by Crippen LogP contribution is -2.34. The van der Waals surface area contributed by atoms with Crippen LogP contribution >= 0.6 is 0 Å². The summed E-state index contributed by atoms with van der Waals surface area (Å²) < 4.78 is 5.25. The molecule has 39 heavy (non-hydrogen) atoms. The van der Waals surface area contributed by atoms with Crippen LogP contribution in [0.15, 0.2) is 48.0 Å². The average Bonchev–Trinajstić information content (AvgIpc) is 3.19. The smallest absolute Gasteiger partial charge is 0.295 e. The number of methoxy groups -OCH3 is 1. The lowest BCUT2D eigenvalue weighted by molar-refractivity contribution is -0.384. The van der Waals surface area contributed by atoms with Crippen molar-refractivity contribution < 1.29 is 29.5 Å². The molecule has 1 amide bonds. The third kappa shape index (κ3) is 6.94. The Morgan fingerprint density at radius 3 is 2.33 bits per heavy atom. The van der Waals surface area contributed by atoms with E-state index in [4.69, 9.17) is 4.74 Å². The fourth-order valence-electron chi connectivity index (χ4n) is 4.81. The van der Waals surface area contributed by atoms with Gasteiger partial charge in [-0.05, 0) is 56.6 Å². The molecule has 1 aliphatic rings. The number of ether oxygens (including phenoxy) is 1. The third-order valence-corrected chi connectivity index (χ3v) is 6.92. The number of non-ortho nitro benzene ring substituents is 1. The number of ketones is 1. The van der Waals surface area contributed by atoms with Gasteiger partial charge in [-0.1, -0.05) is 44.9 Å². The molecule has 0 saturated carbocycles. The second-order valence-corrected chi connectivity index (χ2v) is 9.63. The summed E-state index contributed by atoms with van der Waals surface area (Å²) in [7, 11) is 1.39. The average molecular weight is 540 g/mol. The van der Waals surface area contributed by atoms with Gasteiger partial charge in [-0.25, -0.2) is 0 Å². The molecule has 1 atom stereocenters. The van der Waals surface area contributed by atoms with Crippen molar-refractivity contribution >= 4 is 23.1 Å². The Bertz CT molecular complexity index is 1220. The first-order chi connectivity index (χ1) is 18.7. The van der Waals surface area contributed by atoms with Gasteiger partial charge in [-0.3, -0.25) is 19.7 Å². The van der Waals surface area contributed by atoms with Crippen LogP contribution in [0, 0.1) is 10.1 Å². The number of aliphatic hydroxyl groups is 1. The summed E-state index contributed by atoms with van der Waals surface area (Å²) in [5.74, 6) is -2.08. The van der Waals surface area contributed by atoms with Crippen molar-refractivity contribution in [1.82, 2.24) is 9.80 Å². The van der Waals surface area contributed by atoms with Gasteiger partial charge in [0, 0.05) is 24.2 Å². The first-order valence-electron chi connectivity index (χ1n) is 13.4. The minimum atomic E-state index is -0.960. The highest BCUT2D eigenvalue weighted by molar-refractivity contribution is 6.46. The van der Waals surface area contributed by atoms with Crippen LogP contribution < -0.4 is 4.74 Å². The van der Waals surface area contributed by atoms with E-state index in [1.165, 1.54) is 42.3 Å². The number of carbonyl (C=O) groups excluding carboxylic acids is 2. The molecular weight excluding hydrogens is 502 g/mol. The second-order valence-electron chi connectivity index (χ2n) is 9.63. The summed E-state index contributed by atoms with van der Waals surface area (Å²) in [5, 5.41) is 32.6. The number of nitro groups is 1. The van der Waals surface area contributed by atoms with Crippen molar-refractivity contribution in [3.05, 3.63) is 69.3 Å². The minimum Gasteiger partial charge on any atom is -0.507 e. The maximum Gasteiger partial charge on any atom is 0.295 e. The maximum atomic E-state index is 13.3. The van der Waals surface area contributed by atoms with Gasteiger partial charge in [0.15, 0.2) is 11.5 Å². The molecule has 0 bridgehead atoms. The van der Waals surface area contributed by atoms with Crippen LogP contribution in [0.2, 0.25) is 0 Å². The van der Waals surface area contributed by atoms with E-state index >= 15 is 0 Å². The predicted octanol–water partition coefficient (Wildman–Crippen LogP) is 5.02. The summed E-state index contributed by atoms with van der Waals surface area (Å²) in [6, 6.07) is 8.83. The van der Waals surface area contributed by atoms with Crippen molar-refractivity contribution in [3.8, 4) is 11.5 Å². The molecule has 10 nitrogen and oxygen atoms in total. The zero-order chi connectivity index (χ0) is 28.5. The topological polar surface area (TPSA) is 133 Å². The second kappa shape index (κ2) is 13.7. The number of amides is 1. The molecule has 1 aliphatic heterocycles. The number of Topliss-reactive ketones (excluding diaryl/α,β-unsaturated/α-hetero) is 1. The SMILES string of the molecule is CCCCN(CCCC)CCCN1C(=O)C(=O)C(=C(O)c2cccc([N+](=O)[O-])c2)[C@@H]1c1ccc(O)c(OC)c1. The van der Waals surface area contributed by atoms with Crippen LogP contribution in [-0.2, 0) is 9.59 Å². The largest absolute Gasteiger partial charge is 0.507 e. The summed E-state index contributed by atoms with van der Waals surface area (Å²) >= 11 is 0. The van der Waals surface area contributed by atoms with Crippen molar-refractivity contribution in [2.75, 3.05) is 33.3 Å². The van der Waals surface area contributed by atoms with Gasteiger partial charge in [0.1, 0.15) is 5.76 Å². The molecule has 0 radical (unpaired) electrons. The number of aromatic hydroxyl groups is 1. The molecule has 1 saturated heterocycles. The Labute approximate surface area is 228 Å². The Kier molecular flexibility index (Phi) is 10.4. The molecular formula is C29H37N3O7. The van der Waals surface area contributed by atoms with Gasteiger partial charge in [-0.2, -0.15) is 0 Å². The van der Waals surface area contributed by atoms with Gasteiger partial charge in [-0.15, -0.1) is 0 Å². The number of carbonyl (C=O) groups is 2. The molecule has 10 heteroatoms. The number of nitro benzene ring substituents is 1. The van der Waals surface area contributed by atoms with E-state index in [0.29, 0.717) is 12.0 Å². The van der Waals surface area contributed by atoms with Crippen molar-refractivity contribution in [2.45, 2.75) is 52.0 Å². The molecule has 2 aromatic rings. The molecule has 0 aliphatic carbocycles. The number of aliphatic hydroxyl groups excluding tert-OH is 1. The van der Waals surface area contributed by atoms with E-state index in [1.807, 2.05) is 0 Å². The number of phenolic OH excluding ortho intramolecular Hbond substituents is 1. The van der Waals surface area contributed by atoms with Crippen LogP contribution in [0.1, 0.15) is 63.1 Å². The van der Waals surface area contributed by atoms with Gasteiger partial charge in [0.2, 0.25) is 0 Å². The first-order valence-corrected chi connectivity index (χ1v) is 13.4. The molecule has 1 heterocycles. The van der Waals surface area contributed by atoms with Crippen LogP contribution in [0.5, 0.6) is 11.5 Å². The van der Waals surface area contributed by atoms with Gasteiger partial charge in [0.25, 0.3) is 17.4 Å². The number of phenols is 1. The number of hydrogen-bond donors (Lipinski definition) is 2. The molecule has 2 N–H and O–H groups in total. The summed E-state index contributed by atoms with van der Waals surface area (Å²) in [5.41, 5.74) is 0.102. The zero-order valence-electron chi connectivity index (χ0n) is 22.8. The number of nitrogens with zero attached hydrogens (tertiary/aromatic N) is 3. The van der Waals surface area contributed by atoms with Crippen LogP contribution in [0.4, 0.5) is 5.69 Å². The van der Waals surface area contributed by atoms with Crippen molar-refractivity contribution in [3.63, 3.8) is 0 Å². The lowest BCUT2D eigenvalue weighted by atomic mass is 9.94.